The van der Waals surface area contributed by atoms with E-state index in [0.29, 0.717) is 18.7 Å². The van der Waals surface area contributed by atoms with Crippen LogP contribution in [0.4, 0.5) is 9.18 Å². The Hall–Kier alpha value is -2.44. The number of halogens is 1. The molecule has 0 saturated carbocycles. The van der Waals surface area contributed by atoms with Crippen LogP contribution < -0.4 is 5.73 Å². The molecular formula is C26H38FN3O2. The van der Waals surface area contributed by atoms with Crippen LogP contribution in [0.5, 0.6) is 0 Å². The first-order valence-electron chi connectivity index (χ1n) is 11.5. The fourth-order valence-electron chi connectivity index (χ4n) is 3.78. The first kappa shape index (κ1) is 25.8. The minimum absolute atomic E-state index is 0.0652. The summed E-state index contributed by atoms with van der Waals surface area (Å²) in [5, 5.41) is 0. The molecule has 3 rings (SSSR count). The van der Waals surface area contributed by atoms with Crippen molar-refractivity contribution in [2.45, 2.75) is 66.3 Å². The quantitative estimate of drug-likeness (QED) is 0.686. The van der Waals surface area contributed by atoms with Crippen molar-refractivity contribution >= 4 is 6.09 Å². The van der Waals surface area contributed by atoms with Crippen LogP contribution in [0, 0.1) is 5.82 Å². The molecule has 0 spiro atoms. The number of piperazine rings is 1. The number of nitrogens with zero attached hydrogens (tertiary/aromatic N) is 2. The second-order valence-corrected chi connectivity index (χ2v) is 8.98. The van der Waals surface area contributed by atoms with E-state index in [9.17, 15) is 9.18 Å². The van der Waals surface area contributed by atoms with Crippen LogP contribution in [0.15, 0.2) is 42.5 Å². The Bertz CT molecular complexity index is 895. The van der Waals surface area contributed by atoms with E-state index in [2.05, 4.69) is 11.0 Å². The Morgan fingerprint density at radius 1 is 1.12 bits per heavy atom. The summed E-state index contributed by atoms with van der Waals surface area (Å²) in [6.07, 6.45) is -0.257. The molecule has 5 nitrogen and oxygen atoms in total. The predicted octanol–water partition coefficient (Wildman–Crippen LogP) is 5.42. The van der Waals surface area contributed by atoms with E-state index in [1.807, 2.05) is 65.8 Å². The topological polar surface area (TPSA) is 58.8 Å². The van der Waals surface area contributed by atoms with Crippen LogP contribution in [0.3, 0.4) is 0 Å². The normalized spacial score (nSPS) is 16.9. The summed E-state index contributed by atoms with van der Waals surface area (Å²) in [6, 6.07) is 13.0. The van der Waals surface area contributed by atoms with Crippen LogP contribution in [0.1, 0.15) is 52.7 Å². The summed E-state index contributed by atoms with van der Waals surface area (Å²) in [5.41, 5.74) is 8.66. The zero-order chi connectivity index (χ0) is 23.9. The highest BCUT2D eigenvalue weighted by atomic mass is 19.1. The number of carbonyl (C=O) groups is 1. The predicted molar refractivity (Wildman–Crippen MR) is 129 cm³/mol. The van der Waals surface area contributed by atoms with Gasteiger partial charge in [-0.1, -0.05) is 38.1 Å². The molecule has 0 aliphatic carbocycles. The van der Waals surface area contributed by atoms with Crippen molar-refractivity contribution in [3.63, 3.8) is 0 Å². The van der Waals surface area contributed by atoms with Gasteiger partial charge in [0.15, 0.2) is 0 Å². The van der Waals surface area contributed by atoms with Crippen molar-refractivity contribution in [1.29, 1.82) is 0 Å². The van der Waals surface area contributed by atoms with Gasteiger partial charge in [-0.05, 0) is 62.6 Å². The largest absolute Gasteiger partial charge is 0.444 e. The number of benzene rings is 2. The number of amides is 1. The molecule has 1 fully saturated rings. The van der Waals surface area contributed by atoms with E-state index >= 15 is 0 Å². The number of carbonyl (C=O) groups excluding carboxylic acids is 1. The molecule has 1 heterocycles. The minimum Gasteiger partial charge on any atom is -0.444 e. The molecule has 1 aliphatic heterocycles. The Morgan fingerprint density at radius 2 is 1.84 bits per heavy atom. The highest BCUT2D eigenvalue weighted by Gasteiger charge is 2.30. The van der Waals surface area contributed by atoms with Gasteiger partial charge in [0.25, 0.3) is 0 Å². The van der Waals surface area contributed by atoms with Crippen molar-refractivity contribution in [2.75, 3.05) is 19.6 Å². The van der Waals surface area contributed by atoms with Crippen molar-refractivity contribution in [1.82, 2.24) is 9.80 Å². The number of hydrogen-bond donors (Lipinski definition) is 1. The van der Waals surface area contributed by atoms with Gasteiger partial charge in [0.1, 0.15) is 11.4 Å². The molecule has 1 saturated heterocycles. The maximum atomic E-state index is 14.4. The summed E-state index contributed by atoms with van der Waals surface area (Å²) in [6.45, 7) is 15.0. The first-order valence-corrected chi connectivity index (χ1v) is 11.5. The van der Waals surface area contributed by atoms with Crippen LogP contribution in [-0.2, 0) is 17.8 Å². The summed E-state index contributed by atoms with van der Waals surface area (Å²) in [5.74, 6) is -0.246. The van der Waals surface area contributed by atoms with E-state index in [4.69, 9.17) is 10.5 Å². The number of ether oxygens (including phenoxy) is 1. The lowest BCUT2D eigenvalue weighted by Gasteiger charge is -2.40. The van der Waals surface area contributed by atoms with Crippen molar-refractivity contribution < 1.29 is 13.9 Å². The fraction of sp³-hybridized carbons (Fsp3) is 0.500. The maximum Gasteiger partial charge on any atom is 0.410 e. The van der Waals surface area contributed by atoms with E-state index in [1.54, 1.807) is 11.0 Å². The summed E-state index contributed by atoms with van der Waals surface area (Å²) < 4.78 is 19.9. The van der Waals surface area contributed by atoms with Crippen molar-refractivity contribution in [3.8, 4) is 11.1 Å². The SMILES string of the molecule is CC.CC1CN(Cc2cccc(-c3cc(CN)ccc3F)c2)CCN1C(=O)OC(C)(C)C. The van der Waals surface area contributed by atoms with Gasteiger partial charge in [0, 0.05) is 44.3 Å². The van der Waals surface area contributed by atoms with E-state index in [-0.39, 0.29) is 18.0 Å². The molecular weight excluding hydrogens is 405 g/mol. The molecule has 1 unspecified atom stereocenters. The van der Waals surface area contributed by atoms with Crippen molar-refractivity contribution in [3.05, 3.63) is 59.4 Å². The molecule has 1 atom stereocenters. The van der Waals surface area contributed by atoms with Crippen LogP contribution in [0.2, 0.25) is 0 Å². The van der Waals surface area contributed by atoms with E-state index in [1.165, 1.54) is 6.07 Å². The summed E-state index contributed by atoms with van der Waals surface area (Å²) in [4.78, 5) is 16.5. The Balaban J connectivity index is 0.00000176. The Labute approximate surface area is 192 Å². The Kier molecular flexibility index (Phi) is 9.22. The lowest BCUT2D eigenvalue weighted by molar-refractivity contribution is 0.000563. The lowest BCUT2D eigenvalue weighted by atomic mass is 10.00. The van der Waals surface area contributed by atoms with Crippen LogP contribution in [0.25, 0.3) is 11.1 Å². The molecule has 0 aromatic heterocycles. The van der Waals surface area contributed by atoms with Gasteiger partial charge in [-0.3, -0.25) is 4.90 Å². The van der Waals surface area contributed by atoms with Crippen LogP contribution >= 0.6 is 0 Å². The average Bonchev–Trinajstić information content (AvgIpc) is 2.74. The summed E-state index contributed by atoms with van der Waals surface area (Å²) >= 11 is 0. The third kappa shape index (κ3) is 7.04. The van der Waals surface area contributed by atoms with E-state index < -0.39 is 5.60 Å². The zero-order valence-corrected chi connectivity index (χ0v) is 20.3. The smallest absolute Gasteiger partial charge is 0.410 e. The lowest BCUT2D eigenvalue weighted by Crippen LogP contribution is -2.54. The van der Waals surface area contributed by atoms with Gasteiger partial charge in [0.2, 0.25) is 0 Å². The van der Waals surface area contributed by atoms with Gasteiger partial charge in [-0.25, -0.2) is 9.18 Å². The molecule has 2 N–H and O–H groups in total. The van der Waals surface area contributed by atoms with Crippen LogP contribution in [-0.4, -0.2) is 47.2 Å². The van der Waals surface area contributed by atoms with Gasteiger partial charge < -0.3 is 15.4 Å². The minimum atomic E-state index is -0.495. The van der Waals surface area contributed by atoms with Gasteiger partial charge in [0.05, 0.1) is 0 Å². The number of nitrogens with two attached hydrogens (primary N) is 1. The monoisotopic (exact) mass is 443 g/mol. The molecule has 2 aromatic rings. The highest BCUT2D eigenvalue weighted by molar-refractivity contribution is 5.68. The Morgan fingerprint density at radius 3 is 2.47 bits per heavy atom. The second-order valence-electron chi connectivity index (χ2n) is 8.98. The molecule has 176 valence electrons. The molecule has 1 aliphatic rings. The molecule has 32 heavy (non-hydrogen) atoms. The zero-order valence-electron chi connectivity index (χ0n) is 20.3. The second kappa shape index (κ2) is 11.4. The maximum absolute atomic E-state index is 14.4. The molecule has 2 aromatic carbocycles. The van der Waals surface area contributed by atoms with Crippen molar-refractivity contribution in [2.24, 2.45) is 5.73 Å². The number of hydrogen-bond acceptors (Lipinski definition) is 4. The van der Waals surface area contributed by atoms with Gasteiger partial charge >= 0.3 is 6.09 Å². The third-order valence-electron chi connectivity index (χ3n) is 5.25. The molecule has 1 amide bonds. The fourth-order valence-corrected chi connectivity index (χ4v) is 3.78. The van der Waals surface area contributed by atoms with Gasteiger partial charge in [-0.2, -0.15) is 0 Å². The summed E-state index contributed by atoms with van der Waals surface area (Å²) in [7, 11) is 0. The average molecular weight is 444 g/mol. The standard InChI is InChI=1S/C24H32FN3O2.C2H6/c1-17-15-27(10-11-28(17)23(29)30-24(2,3)4)16-19-6-5-7-20(12-19)21-13-18(14-26)8-9-22(21)25;1-2/h5-9,12-13,17H,10-11,14-16,26H2,1-4H3;1-2H3. The van der Waals surface area contributed by atoms with E-state index in [0.717, 1.165) is 36.3 Å². The highest BCUT2D eigenvalue weighted by Crippen LogP contribution is 2.26. The number of rotatable bonds is 4. The van der Waals surface area contributed by atoms with Gasteiger partial charge in [-0.15, -0.1) is 0 Å². The first-order chi connectivity index (χ1) is 15.2. The molecule has 0 bridgehead atoms. The molecule has 0 radical (unpaired) electrons. The third-order valence-corrected chi connectivity index (χ3v) is 5.25. The molecule has 6 heteroatoms.